The van der Waals surface area contributed by atoms with E-state index in [0.717, 1.165) is 0 Å². The van der Waals surface area contributed by atoms with Gasteiger partial charge in [-0.25, -0.2) is 0 Å². The van der Waals surface area contributed by atoms with Gasteiger partial charge >= 0.3 is 0 Å². The fraction of sp³-hybridized carbons (Fsp3) is 0.800. The third-order valence-electron chi connectivity index (χ3n) is 2.08. The standard InChI is InChI=1S/C10H21N3O2/c1-4-13(6-9(12)14)10(15)8(11)5-7(2)3/h7-8H,4-6,11H2,1-3H3,(H2,12,14)/t8-/m0/s1. The zero-order valence-corrected chi connectivity index (χ0v) is 9.69. The van der Waals surface area contributed by atoms with E-state index in [-0.39, 0.29) is 12.5 Å². The Morgan fingerprint density at radius 2 is 1.87 bits per heavy atom. The first kappa shape index (κ1) is 13.9. The fourth-order valence-corrected chi connectivity index (χ4v) is 1.38. The maximum absolute atomic E-state index is 11.7. The molecule has 2 amide bonds. The number of hydrogen-bond acceptors (Lipinski definition) is 3. The molecular formula is C10H21N3O2. The van der Waals surface area contributed by atoms with Crippen molar-refractivity contribution >= 4 is 11.8 Å². The van der Waals surface area contributed by atoms with Crippen LogP contribution in [0, 0.1) is 5.92 Å². The Bertz CT molecular complexity index is 229. The molecule has 0 spiro atoms. The molecule has 0 saturated heterocycles. The second-order valence-corrected chi connectivity index (χ2v) is 4.05. The zero-order valence-electron chi connectivity index (χ0n) is 9.69. The van der Waals surface area contributed by atoms with Crippen LogP contribution in [0.15, 0.2) is 0 Å². The Balaban J connectivity index is 4.30. The summed E-state index contributed by atoms with van der Waals surface area (Å²) < 4.78 is 0. The van der Waals surface area contributed by atoms with Gasteiger partial charge in [0.05, 0.1) is 12.6 Å². The van der Waals surface area contributed by atoms with Gasteiger partial charge in [-0.2, -0.15) is 0 Å². The van der Waals surface area contributed by atoms with Crippen LogP contribution < -0.4 is 11.5 Å². The van der Waals surface area contributed by atoms with Gasteiger partial charge in [0.15, 0.2) is 0 Å². The Kier molecular flexibility index (Phi) is 5.93. The summed E-state index contributed by atoms with van der Waals surface area (Å²) >= 11 is 0. The molecule has 1 atom stereocenters. The molecule has 0 saturated carbocycles. The van der Waals surface area contributed by atoms with Crippen molar-refractivity contribution in [2.45, 2.75) is 33.2 Å². The predicted octanol–water partition coefficient (Wildman–Crippen LogP) is -0.306. The van der Waals surface area contributed by atoms with Crippen molar-refractivity contribution < 1.29 is 9.59 Å². The number of primary amides is 1. The van der Waals surface area contributed by atoms with Gasteiger partial charge in [0.2, 0.25) is 11.8 Å². The maximum atomic E-state index is 11.7. The first-order chi connectivity index (χ1) is 6.88. The summed E-state index contributed by atoms with van der Waals surface area (Å²) in [4.78, 5) is 23.8. The number of nitrogens with two attached hydrogens (primary N) is 2. The number of rotatable bonds is 6. The SMILES string of the molecule is CCN(CC(N)=O)C(=O)[C@@H](N)CC(C)C. The summed E-state index contributed by atoms with van der Waals surface area (Å²) in [6.45, 7) is 6.19. The molecule has 5 nitrogen and oxygen atoms in total. The van der Waals surface area contributed by atoms with Crippen LogP contribution in [0.5, 0.6) is 0 Å². The minimum absolute atomic E-state index is 0.0544. The van der Waals surface area contributed by atoms with E-state index < -0.39 is 11.9 Å². The highest BCUT2D eigenvalue weighted by molar-refractivity contribution is 5.86. The van der Waals surface area contributed by atoms with Crippen molar-refractivity contribution in [3.05, 3.63) is 0 Å². The smallest absolute Gasteiger partial charge is 0.239 e. The van der Waals surface area contributed by atoms with Crippen molar-refractivity contribution in [2.75, 3.05) is 13.1 Å². The van der Waals surface area contributed by atoms with Crippen LogP contribution in [0.1, 0.15) is 27.2 Å². The Morgan fingerprint density at radius 1 is 1.33 bits per heavy atom. The quantitative estimate of drug-likeness (QED) is 0.637. The van der Waals surface area contributed by atoms with E-state index >= 15 is 0 Å². The number of carbonyl (C=O) groups is 2. The lowest BCUT2D eigenvalue weighted by molar-refractivity contribution is -0.136. The molecule has 0 rings (SSSR count). The van der Waals surface area contributed by atoms with Gasteiger partial charge in [-0.3, -0.25) is 9.59 Å². The molecule has 0 aliphatic rings. The lowest BCUT2D eigenvalue weighted by Gasteiger charge is -2.23. The van der Waals surface area contributed by atoms with Gasteiger partial charge in [-0.15, -0.1) is 0 Å². The molecule has 0 aliphatic heterocycles. The van der Waals surface area contributed by atoms with Crippen LogP contribution >= 0.6 is 0 Å². The average Bonchev–Trinajstić information content (AvgIpc) is 2.11. The first-order valence-corrected chi connectivity index (χ1v) is 5.21. The monoisotopic (exact) mass is 215 g/mol. The molecular weight excluding hydrogens is 194 g/mol. The van der Waals surface area contributed by atoms with Crippen molar-refractivity contribution in [3.63, 3.8) is 0 Å². The molecule has 5 heteroatoms. The van der Waals surface area contributed by atoms with E-state index in [0.29, 0.717) is 18.9 Å². The van der Waals surface area contributed by atoms with Gasteiger partial charge in [0.25, 0.3) is 0 Å². The van der Waals surface area contributed by atoms with E-state index in [2.05, 4.69) is 0 Å². The van der Waals surface area contributed by atoms with Crippen LogP contribution in [0.25, 0.3) is 0 Å². The van der Waals surface area contributed by atoms with Crippen LogP contribution in [-0.2, 0) is 9.59 Å². The van der Waals surface area contributed by atoms with Crippen LogP contribution in [0.3, 0.4) is 0 Å². The summed E-state index contributed by atoms with van der Waals surface area (Å²) in [6, 6.07) is -0.538. The Morgan fingerprint density at radius 3 is 2.20 bits per heavy atom. The van der Waals surface area contributed by atoms with Gasteiger partial charge in [0, 0.05) is 6.54 Å². The van der Waals surface area contributed by atoms with Crippen molar-refractivity contribution in [1.82, 2.24) is 4.90 Å². The predicted molar refractivity (Wildman–Crippen MR) is 58.9 cm³/mol. The molecule has 0 bridgehead atoms. The molecule has 0 aromatic heterocycles. The Labute approximate surface area is 90.8 Å². The summed E-state index contributed by atoms with van der Waals surface area (Å²) in [5.41, 5.74) is 10.8. The van der Waals surface area contributed by atoms with Crippen molar-refractivity contribution in [3.8, 4) is 0 Å². The third-order valence-corrected chi connectivity index (χ3v) is 2.08. The normalized spacial score (nSPS) is 12.6. The number of nitrogens with zero attached hydrogens (tertiary/aromatic N) is 1. The lowest BCUT2D eigenvalue weighted by Crippen LogP contribution is -2.47. The van der Waals surface area contributed by atoms with Crippen LogP contribution in [0.2, 0.25) is 0 Å². The zero-order chi connectivity index (χ0) is 12.0. The van der Waals surface area contributed by atoms with Gasteiger partial charge in [-0.05, 0) is 19.3 Å². The average molecular weight is 215 g/mol. The minimum Gasteiger partial charge on any atom is -0.368 e. The van der Waals surface area contributed by atoms with Crippen LogP contribution in [-0.4, -0.2) is 35.8 Å². The summed E-state index contributed by atoms with van der Waals surface area (Å²) in [5, 5.41) is 0. The molecule has 0 heterocycles. The lowest BCUT2D eigenvalue weighted by atomic mass is 10.0. The van der Waals surface area contributed by atoms with E-state index in [1.807, 2.05) is 13.8 Å². The summed E-state index contributed by atoms with van der Waals surface area (Å²) in [7, 11) is 0. The number of amides is 2. The summed E-state index contributed by atoms with van der Waals surface area (Å²) in [5.74, 6) is -0.358. The molecule has 4 N–H and O–H groups in total. The summed E-state index contributed by atoms with van der Waals surface area (Å²) in [6.07, 6.45) is 0.619. The number of carbonyl (C=O) groups excluding carboxylic acids is 2. The molecule has 0 aromatic carbocycles. The van der Waals surface area contributed by atoms with Crippen LogP contribution in [0.4, 0.5) is 0 Å². The first-order valence-electron chi connectivity index (χ1n) is 5.21. The Hall–Kier alpha value is -1.10. The highest BCUT2D eigenvalue weighted by Crippen LogP contribution is 2.05. The molecule has 15 heavy (non-hydrogen) atoms. The van der Waals surface area contributed by atoms with E-state index in [1.165, 1.54) is 4.90 Å². The maximum Gasteiger partial charge on any atom is 0.239 e. The molecule has 88 valence electrons. The van der Waals surface area contributed by atoms with E-state index in [9.17, 15) is 9.59 Å². The van der Waals surface area contributed by atoms with Crippen molar-refractivity contribution in [1.29, 1.82) is 0 Å². The third kappa shape index (κ3) is 5.37. The number of hydrogen-bond donors (Lipinski definition) is 2. The highest BCUT2D eigenvalue weighted by atomic mass is 16.2. The van der Waals surface area contributed by atoms with E-state index in [4.69, 9.17) is 11.5 Å². The number of likely N-dealkylation sites (N-methyl/N-ethyl adjacent to an activating group) is 1. The largest absolute Gasteiger partial charge is 0.368 e. The molecule has 0 fully saturated rings. The topological polar surface area (TPSA) is 89.4 Å². The van der Waals surface area contributed by atoms with Gasteiger partial charge < -0.3 is 16.4 Å². The van der Waals surface area contributed by atoms with Gasteiger partial charge in [-0.1, -0.05) is 13.8 Å². The molecule has 0 aliphatic carbocycles. The van der Waals surface area contributed by atoms with E-state index in [1.54, 1.807) is 6.92 Å². The second-order valence-electron chi connectivity index (χ2n) is 4.05. The fourth-order valence-electron chi connectivity index (χ4n) is 1.38. The van der Waals surface area contributed by atoms with Crippen molar-refractivity contribution in [2.24, 2.45) is 17.4 Å². The minimum atomic E-state index is -0.538. The molecule has 0 unspecified atom stereocenters. The second kappa shape index (κ2) is 6.40. The van der Waals surface area contributed by atoms with Gasteiger partial charge in [0.1, 0.15) is 0 Å². The molecule has 0 aromatic rings. The highest BCUT2D eigenvalue weighted by Gasteiger charge is 2.21. The molecule has 0 radical (unpaired) electrons.